The van der Waals surface area contributed by atoms with Gasteiger partial charge in [0, 0.05) is 23.2 Å². The Morgan fingerprint density at radius 3 is 2.75 bits per heavy atom. The summed E-state index contributed by atoms with van der Waals surface area (Å²) in [5.41, 5.74) is 2.30. The maximum absolute atomic E-state index is 13.4. The Bertz CT molecular complexity index is 994. The van der Waals surface area contributed by atoms with Gasteiger partial charge in [-0.05, 0) is 50.2 Å². The molecule has 0 bridgehead atoms. The predicted octanol–water partition coefficient (Wildman–Crippen LogP) is 4.34. The molecule has 6 nitrogen and oxygen atoms in total. The Morgan fingerprint density at radius 2 is 2.00 bits per heavy atom. The number of hydrogen-bond donors (Lipinski definition) is 3. The average Bonchev–Trinajstić information content (AvgIpc) is 2.71. The fraction of sp³-hybridized carbons (Fsp3) is 0.300. The first kappa shape index (κ1) is 18.7. The minimum absolute atomic E-state index is 0.0540. The van der Waals surface area contributed by atoms with Crippen molar-refractivity contribution in [1.82, 2.24) is 15.3 Å². The van der Waals surface area contributed by atoms with Gasteiger partial charge >= 0.3 is 0 Å². The Hall–Kier alpha value is -2.64. The molecular weight excluding hydrogens is 381 g/mol. The second-order valence-corrected chi connectivity index (χ2v) is 7.12. The third-order valence-corrected chi connectivity index (χ3v) is 5.13. The second kappa shape index (κ2) is 8.16. The van der Waals surface area contributed by atoms with Gasteiger partial charge in [0.05, 0.1) is 23.3 Å². The van der Waals surface area contributed by atoms with Gasteiger partial charge in [-0.15, -0.1) is 0 Å². The van der Waals surface area contributed by atoms with Crippen molar-refractivity contribution in [2.45, 2.75) is 18.9 Å². The van der Waals surface area contributed by atoms with Crippen molar-refractivity contribution in [3.05, 3.63) is 47.5 Å². The number of ether oxygens (including phenoxy) is 1. The van der Waals surface area contributed by atoms with Crippen LogP contribution >= 0.6 is 11.6 Å². The molecule has 28 heavy (non-hydrogen) atoms. The van der Waals surface area contributed by atoms with Crippen molar-refractivity contribution in [2.75, 3.05) is 30.8 Å². The van der Waals surface area contributed by atoms with Crippen molar-refractivity contribution in [3.63, 3.8) is 0 Å². The van der Waals surface area contributed by atoms with E-state index < -0.39 is 5.82 Å². The molecule has 3 N–H and O–H groups in total. The molecule has 0 radical (unpaired) electrons. The van der Waals surface area contributed by atoms with Gasteiger partial charge in [0.15, 0.2) is 0 Å². The predicted molar refractivity (Wildman–Crippen MR) is 110 cm³/mol. The third kappa shape index (κ3) is 3.95. The molecule has 0 spiro atoms. The first-order valence-corrected chi connectivity index (χ1v) is 9.54. The summed E-state index contributed by atoms with van der Waals surface area (Å²) in [5, 5.41) is 11.0. The highest BCUT2D eigenvalue weighted by molar-refractivity contribution is 6.31. The van der Waals surface area contributed by atoms with E-state index in [1.165, 1.54) is 18.5 Å². The summed E-state index contributed by atoms with van der Waals surface area (Å²) in [6, 6.07) is 8.73. The maximum atomic E-state index is 13.4. The minimum atomic E-state index is -0.460. The Kier molecular flexibility index (Phi) is 5.45. The van der Waals surface area contributed by atoms with Crippen LogP contribution in [0.1, 0.15) is 12.8 Å². The third-order valence-electron chi connectivity index (χ3n) is 4.84. The topological polar surface area (TPSA) is 71.1 Å². The van der Waals surface area contributed by atoms with Crippen LogP contribution in [0.5, 0.6) is 5.75 Å². The highest BCUT2D eigenvalue weighted by Crippen LogP contribution is 2.34. The number of benzene rings is 2. The van der Waals surface area contributed by atoms with Crippen molar-refractivity contribution >= 4 is 39.7 Å². The minimum Gasteiger partial charge on any atom is -0.495 e. The summed E-state index contributed by atoms with van der Waals surface area (Å²) >= 11 is 5.89. The molecule has 1 aliphatic rings. The molecule has 1 aliphatic heterocycles. The number of fused-ring (bicyclic) bond motifs is 1. The van der Waals surface area contributed by atoms with Crippen LogP contribution in [0.2, 0.25) is 5.02 Å². The lowest BCUT2D eigenvalue weighted by atomic mass is 10.1. The molecule has 3 aromatic rings. The zero-order valence-electron chi connectivity index (χ0n) is 15.4. The van der Waals surface area contributed by atoms with Crippen LogP contribution in [-0.4, -0.2) is 36.2 Å². The van der Waals surface area contributed by atoms with Crippen LogP contribution in [0, 0.1) is 5.82 Å². The molecule has 1 aromatic heterocycles. The number of methoxy groups -OCH3 is 1. The van der Waals surface area contributed by atoms with Gasteiger partial charge in [0.2, 0.25) is 0 Å². The number of hydrogen-bond acceptors (Lipinski definition) is 6. The molecule has 4 rings (SSSR count). The lowest BCUT2D eigenvalue weighted by Crippen LogP contribution is -2.35. The molecule has 2 heterocycles. The Labute approximate surface area is 167 Å². The first-order chi connectivity index (χ1) is 13.6. The highest BCUT2D eigenvalue weighted by Gasteiger charge is 2.17. The van der Waals surface area contributed by atoms with E-state index in [1.807, 2.05) is 12.1 Å². The highest BCUT2D eigenvalue weighted by atomic mass is 35.5. The number of halogens is 2. The summed E-state index contributed by atoms with van der Waals surface area (Å²) in [6.45, 7) is 1.99. The van der Waals surface area contributed by atoms with Crippen LogP contribution in [0.4, 0.5) is 21.6 Å². The van der Waals surface area contributed by atoms with Gasteiger partial charge in [-0.1, -0.05) is 11.6 Å². The zero-order valence-corrected chi connectivity index (χ0v) is 16.2. The van der Waals surface area contributed by atoms with Crippen molar-refractivity contribution < 1.29 is 9.13 Å². The summed E-state index contributed by atoms with van der Waals surface area (Å²) < 4.78 is 19.0. The van der Waals surface area contributed by atoms with E-state index >= 15 is 0 Å². The number of anilines is 3. The molecule has 1 fully saturated rings. The van der Waals surface area contributed by atoms with Gasteiger partial charge in [0.25, 0.3) is 0 Å². The van der Waals surface area contributed by atoms with E-state index in [4.69, 9.17) is 16.3 Å². The van der Waals surface area contributed by atoms with Gasteiger partial charge in [0.1, 0.15) is 23.7 Å². The van der Waals surface area contributed by atoms with E-state index in [0.29, 0.717) is 17.5 Å². The lowest BCUT2D eigenvalue weighted by molar-refractivity contribution is 0.414. The summed E-state index contributed by atoms with van der Waals surface area (Å²) in [6.07, 6.45) is 3.58. The molecule has 0 saturated carbocycles. The number of rotatable bonds is 5. The Balaban J connectivity index is 1.70. The molecule has 0 atom stereocenters. The molecule has 2 aromatic carbocycles. The van der Waals surface area contributed by atoms with Gasteiger partial charge in [-0.3, -0.25) is 0 Å². The smallest absolute Gasteiger partial charge is 0.144 e. The van der Waals surface area contributed by atoms with Gasteiger partial charge < -0.3 is 20.7 Å². The van der Waals surface area contributed by atoms with Crippen molar-refractivity contribution in [3.8, 4) is 5.75 Å². The van der Waals surface area contributed by atoms with Crippen LogP contribution in [-0.2, 0) is 0 Å². The van der Waals surface area contributed by atoms with Gasteiger partial charge in [-0.2, -0.15) is 0 Å². The summed E-state index contributed by atoms with van der Waals surface area (Å²) in [7, 11) is 1.65. The monoisotopic (exact) mass is 401 g/mol. The lowest BCUT2D eigenvalue weighted by Gasteiger charge is -2.25. The van der Waals surface area contributed by atoms with E-state index in [2.05, 4.69) is 25.9 Å². The number of aromatic nitrogens is 2. The average molecular weight is 402 g/mol. The normalized spacial score (nSPS) is 14.8. The number of nitrogens with zero attached hydrogens (tertiary/aromatic N) is 2. The van der Waals surface area contributed by atoms with Crippen molar-refractivity contribution in [1.29, 1.82) is 0 Å². The van der Waals surface area contributed by atoms with Crippen molar-refractivity contribution in [2.24, 2.45) is 0 Å². The molecule has 146 valence electrons. The van der Waals surface area contributed by atoms with E-state index in [9.17, 15) is 4.39 Å². The van der Waals surface area contributed by atoms with Crippen LogP contribution in [0.3, 0.4) is 0 Å². The SMILES string of the molecule is COc1cc2ncnc(Nc3ccc(F)c(Cl)c3)c2cc1NC1CCNCC1. The largest absolute Gasteiger partial charge is 0.495 e. The molecule has 0 unspecified atom stereocenters. The first-order valence-electron chi connectivity index (χ1n) is 9.16. The van der Waals surface area contributed by atoms with Gasteiger partial charge in [-0.25, -0.2) is 14.4 Å². The van der Waals surface area contributed by atoms with Crippen LogP contribution in [0.25, 0.3) is 10.9 Å². The fourth-order valence-electron chi connectivity index (χ4n) is 3.36. The standard InChI is InChI=1S/C20H21ClFN5O/c1-28-19-10-17-14(9-18(19)26-12-4-6-23-7-5-12)20(25-11-24-17)27-13-2-3-16(22)15(21)8-13/h2-3,8-12,23,26H,4-7H2,1H3,(H,24,25,27). The van der Waals surface area contributed by atoms with E-state index in [-0.39, 0.29) is 5.02 Å². The maximum Gasteiger partial charge on any atom is 0.144 e. The zero-order chi connectivity index (χ0) is 19.5. The number of piperidine rings is 1. The molecule has 0 amide bonds. The molecule has 1 saturated heterocycles. The molecular formula is C20H21ClFN5O. The quantitative estimate of drug-likeness (QED) is 0.590. The summed E-state index contributed by atoms with van der Waals surface area (Å²) in [5.74, 6) is 0.891. The van der Waals surface area contributed by atoms with E-state index in [1.54, 1.807) is 13.2 Å². The Morgan fingerprint density at radius 1 is 1.18 bits per heavy atom. The fourth-order valence-corrected chi connectivity index (χ4v) is 3.54. The van der Waals surface area contributed by atoms with E-state index in [0.717, 1.165) is 48.3 Å². The second-order valence-electron chi connectivity index (χ2n) is 6.71. The van der Waals surface area contributed by atoms with Crippen LogP contribution in [0.15, 0.2) is 36.7 Å². The summed E-state index contributed by atoms with van der Waals surface area (Å²) in [4.78, 5) is 8.72. The molecule has 8 heteroatoms. The van der Waals surface area contributed by atoms with Crippen LogP contribution < -0.4 is 20.7 Å². The molecule has 0 aliphatic carbocycles. The number of nitrogens with one attached hydrogen (secondary N) is 3.